The quantitative estimate of drug-likeness (QED) is 0.598. The maximum Gasteiger partial charge on any atom is 0.310 e. The average molecular weight is 369 g/mol. The maximum absolute atomic E-state index is 12.1. The highest BCUT2D eigenvalue weighted by Crippen LogP contribution is 2.21. The molecule has 0 unspecified atom stereocenters. The van der Waals surface area contributed by atoms with Gasteiger partial charge in [0, 0.05) is 16.8 Å². The highest BCUT2D eigenvalue weighted by atomic mass is 16.5. The smallest absolute Gasteiger partial charge is 0.310 e. The van der Waals surface area contributed by atoms with Crippen molar-refractivity contribution in [1.82, 2.24) is 0 Å². The number of anilines is 1. The highest BCUT2D eigenvalue weighted by Gasteiger charge is 2.14. The summed E-state index contributed by atoms with van der Waals surface area (Å²) in [7, 11) is 1.48. The van der Waals surface area contributed by atoms with E-state index < -0.39 is 11.9 Å². The van der Waals surface area contributed by atoms with Crippen molar-refractivity contribution in [3.8, 4) is 5.75 Å². The van der Waals surface area contributed by atoms with Gasteiger partial charge in [-0.2, -0.15) is 0 Å². The molecule has 0 spiro atoms. The second kappa shape index (κ2) is 8.98. The third-order valence-electron chi connectivity index (χ3n) is 4.18. The summed E-state index contributed by atoms with van der Waals surface area (Å²) in [4.78, 5) is 35.6. The number of amides is 1. The van der Waals surface area contributed by atoms with E-state index in [-0.39, 0.29) is 18.8 Å². The van der Waals surface area contributed by atoms with Gasteiger partial charge in [-0.25, -0.2) is 0 Å². The normalized spacial score (nSPS) is 10.2. The Labute approximate surface area is 158 Å². The van der Waals surface area contributed by atoms with Crippen LogP contribution in [0.15, 0.2) is 36.4 Å². The van der Waals surface area contributed by atoms with Crippen LogP contribution in [0.25, 0.3) is 0 Å². The van der Waals surface area contributed by atoms with Crippen LogP contribution in [0.5, 0.6) is 5.75 Å². The van der Waals surface area contributed by atoms with Crippen LogP contribution in [0.1, 0.15) is 34.0 Å². The number of carbonyl (C=O) groups excluding carboxylic acids is 3. The maximum atomic E-state index is 12.1. The van der Waals surface area contributed by atoms with Gasteiger partial charge in [0.15, 0.2) is 12.4 Å². The SMILES string of the molecule is COc1ccc(C(C)=O)cc1CC(=O)OCC(=O)Nc1ccc(C)c(C)c1. The number of carbonyl (C=O) groups is 3. The Morgan fingerprint density at radius 3 is 2.37 bits per heavy atom. The van der Waals surface area contributed by atoms with Gasteiger partial charge in [0.1, 0.15) is 5.75 Å². The van der Waals surface area contributed by atoms with Crippen molar-refractivity contribution >= 4 is 23.3 Å². The van der Waals surface area contributed by atoms with Crippen molar-refractivity contribution < 1.29 is 23.9 Å². The Balaban J connectivity index is 1.93. The van der Waals surface area contributed by atoms with Gasteiger partial charge in [0.25, 0.3) is 5.91 Å². The Morgan fingerprint density at radius 2 is 1.74 bits per heavy atom. The van der Waals surface area contributed by atoms with E-state index in [1.165, 1.54) is 14.0 Å². The van der Waals surface area contributed by atoms with Crippen LogP contribution >= 0.6 is 0 Å². The summed E-state index contributed by atoms with van der Waals surface area (Å²) >= 11 is 0. The van der Waals surface area contributed by atoms with E-state index in [0.29, 0.717) is 22.6 Å². The molecule has 6 heteroatoms. The Kier molecular flexibility index (Phi) is 6.71. The number of methoxy groups -OCH3 is 1. The number of Topliss-reactive ketones (excluding diaryl/α,β-unsaturated/α-hetero) is 1. The summed E-state index contributed by atoms with van der Waals surface area (Å²) in [5, 5.41) is 2.69. The van der Waals surface area contributed by atoms with Gasteiger partial charge in [0.05, 0.1) is 13.5 Å². The predicted octanol–water partition coefficient (Wildman–Crippen LogP) is 3.24. The van der Waals surface area contributed by atoms with E-state index in [1.807, 2.05) is 26.0 Å². The fourth-order valence-electron chi connectivity index (χ4n) is 2.50. The lowest BCUT2D eigenvalue weighted by molar-refractivity contribution is -0.146. The van der Waals surface area contributed by atoms with E-state index >= 15 is 0 Å². The summed E-state index contributed by atoms with van der Waals surface area (Å²) in [6, 6.07) is 10.4. The number of esters is 1. The Hall–Kier alpha value is -3.15. The lowest BCUT2D eigenvalue weighted by atomic mass is 10.0. The number of aryl methyl sites for hydroxylation is 2. The van der Waals surface area contributed by atoms with Crippen molar-refractivity contribution in [3.05, 3.63) is 58.7 Å². The molecule has 2 aromatic rings. The zero-order valence-electron chi connectivity index (χ0n) is 15.9. The molecule has 2 aromatic carbocycles. The van der Waals surface area contributed by atoms with E-state index in [1.54, 1.807) is 24.3 Å². The van der Waals surface area contributed by atoms with Gasteiger partial charge in [0.2, 0.25) is 0 Å². The lowest BCUT2D eigenvalue weighted by Crippen LogP contribution is -2.21. The molecule has 2 rings (SSSR count). The first-order valence-corrected chi connectivity index (χ1v) is 8.50. The third kappa shape index (κ3) is 5.67. The van der Waals surface area contributed by atoms with Crippen molar-refractivity contribution in [1.29, 1.82) is 0 Å². The van der Waals surface area contributed by atoms with Gasteiger partial charge in [-0.15, -0.1) is 0 Å². The minimum atomic E-state index is -0.579. The second-order valence-corrected chi connectivity index (χ2v) is 6.27. The molecule has 0 aliphatic rings. The largest absolute Gasteiger partial charge is 0.496 e. The molecule has 0 saturated heterocycles. The van der Waals surface area contributed by atoms with E-state index in [0.717, 1.165) is 11.1 Å². The van der Waals surface area contributed by atoms with Crippen LogP contribution in [0, 0.1) is 13.8 Å². The van der Waals surface area contributed by atoms with Crippen LogP contribution in [-0.2, 0) is 20.7 Å². The van der Waals surface area contributed by atoms with Gasteiger partial charge in [-0.05, 0) is 62.2 Å². The summed E-state index contributed by atoms with van der Waals surface area (Å²) in [5.74, 6) is -0.628. The lowest BCUT2D eigenvalue weighted by Gasteiger charge is -2.11. The second-order valence-electron chi connectivity index (χ2n) is 6.27. The molecule has 0 aromatic heterocycles. The van der Waals surface area contributed by atoms with Crippen molar-refractivity contribution in [2.24, 2.45) is 0 Å². The molecule has 27 heavy (non-hydrogen) atoms. The standard InChI is InChI=1S/C21H23NO5/c1-13-5-7-18(9-14(13)2)22-20(24)12-27-21(25)11-17-10-16(15(3)23)6-8-19(17)26-4/h5-10H,11-12H2,1-4H3,(H,22,24). The molecule has 6 nitrogen and oxygen atoms in total. The minimum Gasteiger partial charge on any atom is -0.496 e. The van der Waals surface area contributed by atoms with E-state index in [9.17, 15) is 14.4 Å². The first-order chi connectivity index (χ1) is 12.8. The molecule has 0 bridgehead atoms. The number of hydrogen-bond acceptors (Lipinski definition) is 5. The molecule has 0 aliphatic carbocycles. The first-order valence-electron chi connectivity index (χ1n) is 8.50. The fraction of sp³-hybridized carbons (Fsp3) is 0.286. The number of nitrogens with one attached hydrogen (secondary N) is 1. The molecule has 1 N–H and O–H groups in total. The monoisotopic (exact) mass is 369 g/mol. The van der Waals surface area contributed by atoms with Crippen LogP contribution in [0.4, 0.5) is 5.69 Å². The zero-order valence-corrected chi connectivity index (χ0v) is 15.9. The number of hydrogen-bond donors (Lipinski definition) is 1. The molecular weight excluding hydrogens is 346 g/mol. The number of rotatable bonds is 7. The molecular formula is C21H23NO5. The van der Waals surface area contributed by atoms with Crippen LogP contribution in [0.2, 0.25) is 0 Å². The predicted molar refractivity (Wildman–Crippen MR) is 102 cm³/mol. The molecule has 142 valence electrons. The van der Waals surface area contributed by atoms with Crippen molar-refractivity contribution in [3.63, 3.8) is 0 Å². The molecule has 1 amide bonds. The number of benzene rings is 2. The average Bonchev–Trinajstić information content (AvgIpc) is 2.63. The van der Waals surface area contributed by atoms with Crippen molar-refractivity contribution in [2.75, 3.05) is 19.0 Å². The number of ether oxygens (including phenoxy) is 2. The van der Waals surface area contributed by atoms with Gasteiger partial charge in [-0.3, -0.25) is 14.4 Å². The summed E-state index contributed by atoms with van der Waals surface area (Å²) < 4.78 is 10.3. The van der Waals surface area contributed by atoms with E-state index in [2.05, 4.69) is 5.32 Å². The first kappa shape index (κ1) is 20.2. The molecule has 0 fully saturated rings. The molecule has 0 saturated carbocycles. The molecule has 0 aliphatic heterocycles. The Bertz CT molecular complexity index is 873. The fourth-order valence-corrected chi connectivity index (χ4v) is 2.50. The molecule has 0 radical (unpaired) electrons. The highest BCUT2D eigenvalue weighted by molar-refractivity contribution is 5.95. The summed E-state index contributed by atoms with van der Waals surface area (Å²) in [6.45, 7) is 4.99. The van der Waals surface area contributed by atoms with Gasteiger partial charge < -0.3 is 14.8 Å². The number of ketones is 1. The zero-order chi connectivity index (χ0) is 20.0. The summed E-state index contributed by atoms with van der Waals surface area (Å²) in [5.41, 5.74) is 3.84. The minimum absolute atomic E-state index is 0.0960. The van der Waals surface area contributed by atoms with Gasteiger partial charge >= 0.3 is 5.97 Å². The molecule has 0 atom stereocenters. The van der Waals surface area contributed by atoms with E-state index in [4.69, 9.17) is 9.47 Å². The van der Waals surface area contributed by atoms with Crippen LogP contribution in [-0.4, -0.2) is 31.4 Å². The van der Waals surface area contributed by atoms with Crippen LogP contribution < -0.4 is 10.1 Å². The molecule has 0 heterocycles. The van der Waals surface area contributed by atoms with Crippen molar-refractivity contribution in [2.45, 2.75) is 27.2 Å². The Morgan fingerprint density at radius 1 is 1.00 bits per heavy atom. The topological polar surface area (TPSA) is 81.7 Å². The van der Waals surface area contributed by atoms with Crippen LogP contribution in [0.3, 0.4) is 0 Å². The summed E-state index contributed by atoms with van der Waals surface area (Å²) in [6.07, 6.45) is -0.0960. The van der Waals surface area contributed by atoms with Gasteiger partial charge in [-0.1, -0.05) is 6.07 Å². The third-order valence-corrected chi connectivity index (χ3v) is 4.18.